The highest BCUT2D eigenvalue weighted by Gasteiger charge is 2.13. The Morgan fingerprint density at radius 3 is 2.57 bits per heavy atom. The lowest BCUT2D eigenvalue weighted by molar-refractivity contribution is 0.102. The van der Waals surface area contributed by atoms with Gasteiger partial charge < -0.3 is 5.32 Å². The predicted octanol–water partition coefficient (Wildman–Crippen LogP) is 3.70. The van der Waals surface area contributed by atoms with Crippen molar-refractivity contribution < 1.29 is 4.79 Å². The maximum Gasteiger partial charge on any atom is 0.274 e. The van der Waals surface area contributed by atoms with Gasteiger partial charge in [0.2, 0.25) is 0 Å². The number of benzene rings is 1. The fourth-order valence-electron chi connectivity index (χ4n) is 2.20. The van der Waals surface area contributed by atoms with Crippen molar-refractivity contribution >= 4 is 23.2 Å². The van der Waals surface area contributed by atoms with Crippen LogP contribution < -0.4 is 5.32 Å². The molecule has 0 radical (unpaired) electrons. The van der Waals surface area contributed by atoms with E-state index in [2.05, 4.69) is 15.4 Å². The van der Waals surface area contributed by atoms with Crippen molar-refractivity contribution in [2.24, 2.45) is 7.05 Å². The number of nitrogens with zero attached hydrogens (tertiary/aromatic N) is 3. The predicted molar refractivity (Wildman–Crippen MR) is 90.6 cm³/mol. The number of amides is 1. The zero-order valence-corrected chi connectivity index (χ0v) is 13.5. The number of nitrogens with one attached hydrogen (secondary N) is 1. The minimum Gasteiger partial charge on any atom is -0.321 e. The highest BCUT2D eigenvalue weighted by Crippen LogP contribution is 2.19. The van der Waals surface area contributed by atoms with Crippen molar-refractivity contribution in [2.45, 2.75) is 6.92 Å². The van der Waals surface area contributed by atoms with Gasteiger partial charge in [0, 0.05) is 29.5 Å². The molecule has 0 saturated heterocycles. The number of hydrogen-bond donors (Lipinski definition) is 1. The molecule has 116 valence electrons. The van der Waals surface area contributed by atoms with Crippen LogP contribution in [-0.4, -0.2) is 20.7 Å². The molecule has 1 N–H and O–H groups in total. The Hall–Kier alpha value is -2.66. The Labute approximate surface area is 138 Å². The molecule has 0 saturated carbocycles. The van der Waals surface area contributed by atoms with Crippen LogP contribution in [0.5, 0.6) is 0 Å². The van der Waals surface area contributed by atoms with E-state index < -0.39 is 0 Å². The average Bonchev–Trinajstić information content (AvgIpc) is 2.96. The topological polar surface area (TPSA) is 59.8 Å². The molecule has 3 aromatic rings. The van der Waals surface area contributed by atoms with Gasteiger partial charge in [-0.05, 0) is 42.8 Å². The highest BCUT2D eigenvalue weighted by atomic mass is 35.5. The lowest BCUT2D eigenvalue weighted by Crippen LogP contribution is -2.15. The van der Waals surface area contributed by atoms with Gasteiger partial charge in [-0.3, -0.25) is 9.48 Å². The second kappa shape index (κ2) is 6.22. The van der Waals surface area contributed by atoms with E-state index >= 15 is 0 Å². The van der Waals surface area contributed by atoms with Crippen molar-refractivity contribution in [3.8, 4) is 11.3 Å². The van der Waals surface area contributed by atoms with Gasteiger partial charge in [0.25, 0.3) is 5.91 Å². The molecule has 23 heavy (non-hydrogen) atoms. The number of carbonyl (C=O) groups is 1. The van der Waals surface area contributed by atoms with Crippen LogP contribution >= 0.6 is 11.6 Å². The number of aryl methyl sites for hydroxylation is 2. The van der Waals surface area contributed by atoms with Crippen LogP contribution in [0.1, 0.15) is 16.1 Å². The number of aromatic nitrogens is 3. The normalized spacial score (nSPS) is 10.6. The minimum atomic E-state index is -0.254. The van der Waals surface area contributed by atoms with Gasteiger partial charge in [-0.1, -0.05) is 17.7 Å². The van der Waals surface area contributed by atoms with Gasteiger partial charge in [-0.25, -0.2) is 4.98 Å². The molecule has 0 unspecified atom stereocenters. The molecular formula is C17H15ClN4O. The van der Waals surface area contributed by atoms with E-state index in [9.17, 15) is 4.79 Å². The van der Waals surface area contributed by atoms with E-state index in [0.717, 1.165) is 11.1 Å². The lowest BCUT2D eigenvalue weighted by atomic mass is 10.1. The summed E-state index contributed by atoms with van der Waals surface area (Å²) in [6.07, 6.45) is 3.58. The van der Waals surface area contributed by atoms with E-state index in [1.54, 1.807) is 35.1 Å². The Balaban J connectivity index is 1.89. The standard InChI is InChI=1S/C17H15ClN4O/c1-11-3-8-15(12-9-19-22(2)10-12)21-16(11)17(23)20-14-6-4-13(18)5-7-14/h3-10H,1-2H3,(H,20,23). The summed E-state index contributed by atoms with van der Waals surface area (Å²) in [6, 6.07) is 10.7. The maximum absolute atomic E-state index is 12.5. The first-order chi connectivity index (χ1) is 11.0. The van der Waals surface area contributed by atoms with Crippen LogP contribution in [0.4, 0.5) is 5.69 Å². The molecule has 0 atom stereocenters. The number of pyridine rings is 1. The molecule has 1 aromatic carbocycles. The van der Waals surface area contributed by atoms with E-state index in [4.69, 9.17) is 11.6 Å². The number of anilines is 1. The Kier molecular flexibility index (Phi) is 4.12. The van der Waals surface area contributed by atoms with Crippen molar-refractivity contribution in [1.29, 1.82) is 0 Å². The summed E-state index contributed by atoms with van der Waals surface area (Å²) < 4.78 is 1.70. The third-order valence-electron chi connectivity index (χ3n) is 3.41. The van der Waals surface area contributed by atoms with Gasteiger partial charge >= 0.3 is 0 Å². The summed E-state index contributed by atoms with van der Waals surface area (Å²) in [4.78, 5) is 17.0. The summed E-state index contributed by atoms with van der Waals surface area (Å²) in [7, 11) is 1.84. The molecular weight excluding hydrogens is 312 g/mol. The molecule has 2 aromatic heterocycles. The quantitative estimate of drug-likeness (QED) is 0.798. The van der Waals surface area contributed by atoms with Crippen LogP contribution in [0, 0.1) is 6.92 Å². The Morgan fingerprint density at radius 2 is 1.91 bits per heavy atom. The number of hydrogen-bond acceptors (Lipinski definition) is 3. The lowest BCUT2D eigenvalue weighted by Gasteiger charge is -2.08. The molecule has 0 aliphatic carbocycles. The molecule has 0 aliphatic rings. The third kappa shape index (κ3) is 3.40. The van der Waals surface area contributed by atoms with Crippen LogP contribution in [-0.2, 0) is 7.05 Å². The van der Waals surface area contributed by atoms with E-state index in [-0.39, 0.29) is 5.91 Å². The number of carbonyl (C=O) groups excluding carboxylic acids is 1. The SMILES string of the molecule is Cc1ccc(-c2cnn(C)c2)nc1C(=O)Nc1ccc(Cl)cc1. The zero-order valence-electron chi connectivity index (χ0n) is 12.7. The van der Waals surface area contributed by atoms with Gasteiger partial charge in [0.1, 0.15) is 5.69 Å². The van der Waals surface area contributed by atoms with Crippen molar-refractivity contribution in [1.82, 2.24) is 14.8 Å². The molecule has 5 nitrogen and oxygen atoms in total. The fraction of sp³-hybridized carbons (Fsp3) is 0.118. The minimum absolute atomic E-state index is 0.254. The molecule has 6 heteroatoms. The zero-order chi connectivity index (χ0) is 16.4. The van der Waals surface area contributed by atoms with Crippen molar-refractivity contribution in [3.05, 3.63) is 65.1 Å². The van der Waals surface area contributed by atoms with E-state index in [1.807, 2.05) is 32.3 Å². The molecule has 1 amide bonds. The Bertz CT molecular complexity index is 855. The van der Waals surface area contributed by atoms with E-state index in [1.165, 1.54) is 0 Å². The van der Waals surface area contributed by atoms with E-state index in [0.29, 0.717) is 22.1 Å². The summed E-state index contributed by atoms with van der Waals surface area (Å²) in [5.41, 5.74) is 3.45. The number of rotatable bonds is 3. The summed E-state index contributed by atoms with van der Waals surface area (Å²) >= 11 is 5.85. The molecule has 0 aliphatic heterocycles. The van der Waals surface area contributed by atoms with Crippen molar-refractivity contribution in [3.63, 3.8) is 0 Å². The molecule has 0 bridgehead atoms. The van der Waals surface area contributed by atoms with Gasteiger partial charge in [0.15, 0.2) is 0 Å². The smallest absolute Gasteiger partial charge is 0.274 e. The van der Waals surface area contributed by atoms with Crippen LogP contribution in [0.15, 0.2) is 48.8 Å². The Morgan fingerprint density at radius 1 is 1.17 bits per heavy atom. The first-order valence-electron chi connectivity index (χ1n) is 7.06. The third-order valence-corrected chi connectivity index (χ3v) is 3.67. The van der Waals surface area contributed by atoms with Gasteiger partial charge in [-0.2, -0.15) is 5.10 Å². The van der Waals surface area contributed by atoms with Crippen LogP contribution in [0.3, 0.4) is 0 Å². The summed E-state index contributed by atoms with van der Waals surface area (Å²) in [5, 5.41) is 7.58. The monoisotopic (exact) mass is 326 g/mol. The van der Waals surface area contributed by atoms with Crippen molar-refractivity contribution in [2.75, 3.05) is 5.32 Å². The fourth-order valence-corrected chi connectivity index (χ4v) is 2.32. The molecule has 2 heterocycles. The molecule has 0 spiro atoms. The second-order valence-electron chi connectivity index (χ2n) is 5.23. The maximum atomic E-state index is 12.5. The molecule has 0 fully saturated rings. The number of halogens is 1. The average molecular weight is 327 g/mol. The largest absolute Gasteiger partial charge is 0.321 e. The highest BCUT2D eigenvalue weighted by molar-refractivity contribution is 6.30. The first kappa shape index (κ1) is 15.2. The van der Waals surface area contributed by atoms with Gasteiger partial charge in [0.05, 0.1) is 11.9 Å². The van der Waals surface area contributed by atoms with Crippen LogP contribution in [0.25, 0.3) is 11.3 Å². The van der Waals surface area contributed by atoms with Gasteiger partial charge in [-0.15, -0.1) is 0 Å². The van der Waals surface area contributed by atoms with Crippen LogP contribution in [0.2, 0.25) is 5.02 Å². The first-order valence-corrected chi connectivity index (χ1v) is 7.44. The summed E-state index contributed by atoms with van der Waals surface area (Å²) in [6.45, 7) is 1.86. The summed E-state index contributed by atoms with van der Waals surface area (Å²) in [5.74, 6) is -0.254. The molecule has 3 rings (SSSR count). The second-order valence-corrected chi connectivity index (χ2v) is 5.66.